The number of carbonyl (C=O) groups excluding carboxylic acids is 1. The molecule has 0 saturated carbocycles. The molecule has 106 valence electrons. The summed E-state index contributed by atoms with van der Waals surface area (Å²) in [7, 11) is 1.77. The van der Waals surface area contributed by atoms with Crippen molar-refractivity contribution in [2.45, 2.75) is 6.54 Å². The molecule has 20 heavy (non-hydrogen) atoms. The highest BCUT2D eigenvalue weighted by molar-refractivity contribution is 7.09. The number of rotatable bonds is 6. The van der Waals surface area contributed by atoms with Crippen LogP contribution >= 0.6 is 11.3 Å². The van der Waals surface area contributed by atoms with E-state index in [9.17, 15) is 4.79 Å². The van der Waals surface area contributed by atoms with Crippen molar-refractivity contribution in [2.75, 3.05) is 6.61 Å². The van der Waals surface area contributed by atoms with Gasteiger partial charge >= 0.3 is 0 Å². The lowest BCUT2D eigenvalue weighted by molar-refractivity contribution is -0.125. The number of nitrogens with two attached hydrogens (primary N) is 1. The second-order valence-electron chi connectivity index (χ2n) is 4.01. The zero-order valence-electron chi connectivity index (χ0n) is 10.9. The summed E-state index contributed by atoms with van der Waals surface area (Å²) in [5.74, 6) is -0.0645. The Balaban J connectivity index is 1.73. The summed E-state index contributed by atoms with van der Waals surface area (Å²) in [5.41, 5.74) is 6.33. The molecule has 0 aliphatic carbocycles. The van der Waals surface area contributed by atoms with E-state index in [2.05, 4.69) is 15.6 Å². The lowest BCUT2D eigenvalue weighted by Crippen LogP contribution is -2.26. The van der Waals surface area contributed by atoms with Crippen molar-refractivity contribution in [1.82, 2.24) is 15.1 Å². The van der Waals surface area contributed by atoms with Gasteiger partial charge in [-0.2, -0.15) is 5.10 Å². The van der Waals surface area contributed by atoms with Crippen LogP contribution in [0.4, 0.5) is 0 Å². The van der Waals surface area contributed by atoms with E-state index >= 15 is 0 Å². The summed E-state index contributed by atoms with van der Waals surface area (Å²) in [6.45, 7) is 0.313. The van der Waals surface area contributed by atoms with Crippen molar-refractivity contribution in [1.29, 1.82) is 0 Å². The van der Waals surface area contributed by atoms with Gasteiger partial charge in [0, 0.05) is 18.1 Å². The molecule has 2 rings (SSSR count). The Hall–Kier alpha value is -2.35. The Kier molecular flexibility index (Phi) is 4.72. The van der Waals surface area contributed by atoms with Gasteiger partial charge in [-0.25, -0.2) is 0 Å². The van der Waals surface area contributed by atoms with Crippen LogP contribution in [0.1, 0.15) is 10.4 Å². The van der Waals surface area contributed by atoms with E-state index < -0.39 is 0 Å². The number of oxime groups is 1. The Morgan fingerprint density at radius 2 is 2.50 bits per heavy atom. The van der Waals surface area contributed by atoms with E-state index in [-0.39, 0.29) is 18.3 Å². The molecule has 2 heterocycles. The summed E-state index contributed by atoms with van der Waals surface area (Å²) in [5, 5.41) is 12.3. The van der Waals surface area contributed by atoms with E-state index in [1.807, 2.05) is 17.5 Å². The summed E-state index contributed by atoms with van der Waals surface area (Å²) >= 11 is 1.58. The van der Waals surface area contributed by atoms with Crippen molar-refractivity contribution in [2.24, 2.45) is 17.9 Å². The van der Waals surface area contributed by atoms with Crippen molar-refractivity contribution >= 4 is 23.1 Å². The number of hydrogen-bond donors (Lipinski definition) is 2. The fraction of sp³-hybridized carbons (Fsp3) is 0.250. The quantitative estimate of drug-likeness (QED) is 0.459. The van der Waals surface area contributed by atoms with Gasteiger partial charge in [-0.1, -0.05) is 11.2 Å². The topological polar surface area (TPSA) is 94.5 Å². The molecular weight excluding hydrogens is 278 g/mol. The highest BCUT2D eigenvalue weighted by Crippen LogP contribution is 2.07. The van der Waals surface area contributed by atoms with Crippen molar-refractivity contribution in [3.05, 3.63) is 40.3 Å². The number of thiophene rings is 1. The molecule has 8 heteroatoms. The maximum atomic E-state index is 11.5. The largest absolute Gasteiger partial charge is 0.384 e. The average Bonchev–Trinajstić information content (AvgIpc) is 3.07. The maximum Gasteiger partial charge on any atom is 0.261 e. The molecule has 0 saturated heterocycles. The molecule has 2 aromatic heterocycles. The van der Waals surface area contributed by atoms with Gasteiger partial charge < -0.3 is 15.9 Å². The number of amides is 1. The molecule has 1 amide bonds. The first-order valence-electron chi connectivity index (χ1n) is 5.88. The predicted molar refractivity (Wildman–Crippen MR) is 76.1 cm³/mol. The second kappa shape index (κ2) is 6.71. The number of nitrogens with zero attached hydrogens (tertiary/aromatic N) is 3. The van der Waals surface area contributed by atoms with Gasteiger partial charge in [0.05, 0.1) is 18.3 Å². The van der Waals surface area contributed by atoms with Crippen LogP contribution in [-0.4, -0.2) is 28.1 Å². The van der Waals surface area contributed by atoms with E-state index in [4.69, 9.17) is 10.6 Å². The number of nitrogens with one attached hydrogen (secondary N) is 1. The molecule has 7 nitrogen and oxygen atoms in total. The second-order valence-corrected chi connectivity index (χ2v) is 5.04. The number of carbonyl (C=O) groups is 1. The normalized spacial score (nSPS) is 11.3. The van der Waals surface area contributed by atoms with E-state index in [0.717, 1.165) is 4.88 Å². The summed E-state index contributed by atoms with van der Waals surface area (Å²) < 4.78 is 1.60. The van der Waals surface area contributed by atoms with Crippen molar-refractivity contribution < 1.29 is 9.63 Å². The third-order valence-electron chi connectivity index (χ3n) is 2.40. The fourth-order valence-corrected chi connectivity index (χ4v) is 2.06. The summed E-state index contributed by atoms with van der Waals surface area (Å²) in [4.78, 5) is 17.5. The fourth-order valence-electron chi connectivity index (χ4n) is 1.42. The highest BCUT2D eigenvalue weighted by Gasteiger charge is 2.04. The van der Waals surface area contributed by atoms with Crippen molar-refractivity contribution in [3.63, 3.8) is 0 Å². The smallest absolute Gasteiger partial charge is 0.261 e. The molecule has 3 N–H and O–H groups in total. The molecule has 0 spiro atoms. The SMILES string of the molecule is Cn1cc(/C(N)=N/OCC(=O)NCc2cccs2)cn1. The molecule has 0 unspecified atom stereocenters. The zero-order valence-corrected chi connectivity index (χ0v) is 11.8. The van der Waals surface area contributed by atoms with Crippen LogP contribution in [-0.2, 0) is 23.2 Å². The van der Waals surface area contributed by atoms with Gasteiger partial charge in [-0.3, -0.25) is 9.48 Å². The van der Waals surface area contributed by atoms with Gasteiger partial charge in [0.15, 0.2) is 12.4 Å². The van der Waals surface area contributed by atoms with E-state index in [1.165, 1.54) is 0 Å². The van der Waals surface area contributed by atoms with E-state index in [0.29, 0.717) is 12.1 Å². The van der Waals surface area contributed by atoms with Crippen LogP contribution in [0, 0.1) is 0 Å². The molecule has 0 aliphatic rings. The monoisotopic (exact) mass is 293 g/mol. The van der Waals surface area contributed by atoms with Crippen LogP contribution < -0.4 is 11.1 Å². The number of aromatic nitrogens is 2. The van der Waals surface area contributed by atoms with Gasteiger partial charge in [0.1, 0.15) is 0 Å². The molecule has 0 fully saturated rings. The Morgan fingerprint density at radius 3 is 3.15 bits per heavy atom. The first-order valence-corrected chi connectivity index (χ1v) is 6.76. The Morgan fingerprint density at radius 1 is 1.65 bits per heavy atom. The van der Waals surface area contributed by atoms with Gasteiger partial charge in [0.25, 0.3) is 5.91 Å². The van der Waals surface area contributed by atoms with Crippen LogP contribution in [0.25, 0.3) is 0 Å². The molecule has 0 radical (unpaired) electrons. The van der Waals surface area contributed by atoms with Crippen LogP contribution in [0.5, 0.6) is 0 Å². The molecule has 0 atom stereocenters. The minimum Gasteiger partial charge on any atom is -0.384 e. The molecular formula is C12H15N5O2S. The highest BCUT2D eigenvalue weighted by atomic mass is 32.1. The predicted octanol–water partition coefficient (Wildman–Crippen LogP) is 0.435. The Labute approximate surface area is 120 Å². The molecule has 2 aromatic rings. The van der Waals surface area contributed by atoms with Gasteiger partial charge in [-0.05, 0) is 11.4 Å². The Bertz CT molecular complexity index is 591. The minimum absolute atomic E-state index is 0.174. The summed E-state index contributed by atoms with van der Waals surface area (Å²) in [6, 6.07) is 3.88. The lowest BCUT2D eigenvalue weighted by atomic mass is 10.3. The average molecular weight is 293 g/mol. The van der Waals surface area contributed by atoms with E-state index in [1.54, 1.807) is 35.5 Å². The minimum atomic E-state index is -0.249. The number of aryl methyl sites for hydroxylation is 1. The molecule has 0 aromatic carbocycles. The lowest BCUT2D eigenvalue weighted by Gasteiger charge is -2.03. The first kappa shape index (κ1) is 14.1. The van der Waals surface area contributed by atoms with Crippen molar-refractivity contribution in [3.8, 4) is 0 Å². The zero-order chi connectivity index (χ0) is 14.4. The van der Waals surface area contributed by atoms with Crippen LogP contribution in [0.3, 0.4) is 0 Å². The maximum absolute atomic E-state index is 11.5. The number of amidine groups is 1. The van der Waals surface area contributed by atoms with Crippen LogP contribution in [0.2, 0.25) is 0 Å². The molecule has 0 bridgehead atoms. The standard InChI is InChI=1S/C12H15N5O2S/c1-17-7-9(5-15-17)12(13)16-19-8-11(18)14-6-10-3-2-4-20-10/h2-5,7H,6,8H2,1H3,(H2,13,16)(H,14,18). The van der Waals surface area contributed by atoms with Crippen LogP contribution in [0.15, 0.2) is 35.1 Å². The summed E-state index contributed by atoms with van der Waals surface area (Å²) in [6.07, 6.45) is 3.28. The first-order chi connectivity index (χ1) is 9.65. The number of hydrogen-bond acceptors (Lipinski definition) is 5. The molecule has 0 aliphatic heterocycles. The van der Waals surface area contributed by atoms with Gasteiger partial charge in [0.2, 0.25) is 0 Å². The third-order valence-corrected chi connectivity index (χ3v) is 3.28. The van der Waals surface area contributed by atoms with Gasteiger partial charge in [-0.15, -0.1) is 11.3 Å². The third kappa shape index (κ3) is 4.09.